The number of hydrogen-bond donors (Lipinski definition) is 1. The summed E-state index contributed by atoms with van der Waals surface area (Å²) in [7, 11) is -0.0310. The Hall–Kier alpha value is -4.25. The standard InChI is InChI=1S/C33H33Cl2N3O6S/c1-36-33(40)30(19-23-11-6-4-7-12-23)37(21-26-27(34)15-10-16-28(26)35)32(39)22-38(45(41,42)25-13-8-5-9-14-25)29-20-24(43-2)17-18-31(29)44-3/h4-18,20,30H,19,21-22H2,1-3H3,(H,36,40). The highest BCUT2D eigenvalue weighted by Gasteiger charge is 2.36. The molecule has 0 aliphatic heterocycles. The molecular formula is C33H33Cl2N3O6S. The number of likely N-dealkylation sites (N-methyl/N-ethyl adjacent to an activating group) is 1. The topological polar surface area (TPSA) is 105 Å². The Balaban J connectivity index is 1.88. The van der Waals surface area contributed by atoms with E-state index in [-0.39, 0.29) is 29.3 Å². The van der Waals surface area contributed by atoms with Crippen molar-refractivity contribution in [2.45, 2.75) is 23.9 Å². The molecule has 1 unspecified atom stereocenters. The van der Waals surface area contributed by atoms with Crippen LogP contribution in [0.2, 0.25) is 10.0 Å². The first kappa shape index (κ1) is 33.6. The molecule has 0 aliphatic carbocycles. The molecular weight excluding hydrogens is 637 g/mol. The molecule has 1 atom stereocenters. The molecule has 45 heavy (non-hydrogen) atoms. The Bertz CT molecular complexity index is 1720. The average molecular weight is 671 g/mol. The van der Waals surface area contributed by atoms with Crippen LogP contribution in [0.1, 0.15) is 11.1 Å². The van der Waals surface area contributed by atoms with E-state index >= 15 is 0 Å². The third-order valence-corrected chi connectivity index (χ3v) is 9.65. The zero-order valence-corrected chi connectivity index (χ0v) is 27.3. The van der Waals surface area contributed by atoms with E-state index in [9.17, 15) is 18.0 Å². The van der Waals surface area contributed by atoms with Gasteiger partial charge in [0.2, 0.25) is 11.8 Å². The number of halogens is 2. The number of carbonyl (C=O) groups is 2. The van der Waals surface area contributed by atoms with Crippen LogP contribution in [0, 0.1) is 0 Å². The Morgan fingerprint density at radius 2 is 1.47 bits per heavy atom. The number of amides is 2. The van der Waals surface area contributed by atoms with Gasteiger partial charge < -0.3 is 19.7 Å². The molecule has 0 aromatic heterocycles. The minimum Gasteiger partial charge on any atom is -0.497 e. The summed E-state index contributed by atoms with van der Waals surface area (Å²) in [5.74, 6) is -0.596. The summed E-state index contributed by atoms with van der Waals surface area (Å²) in [6, 6.07) is 25.4. The van der Waals surface area contributed by atoms with Gasteiger partial charge in [-0.1, -0.05) is 77.8 Å². The summed E-state index contributed by atoms with van der Waals surface area (Å²) in [6.45, 7) is -0.859. The van der Waals surface area contributed by atoms with Crippen LogP contribution in [-0.4, -0.2) is 59.0 Å². The van der Waals surface area contributed by atoms with Gasteiger partial charge >= 0.3 is 0 Å². The molecule has 0 fully saturated rings. The van der Waals surface area contributed by atoms with Crippen LogP contribution < -0.4 is 19.1 Å². The lowest BCUT2D eigenvalue weighted by molar-refractivity contribution is -0.139. The van der Waals surface area contributed by atoms with Gasteiger partial charge in [-0.15, -0.1) is 0 Å². The molecule has 0 heterocycles. The fourth-order valence-corrected chi connectivity index (χ4v) is 6.75. The first-order chi connectivity index (χ1) is 21.6. The Morgan fingerprint density at radius 3 is 2.04 bits per heavy atom. The van der Waals surface area contributed by atoms with E-state index in [4.69, 9.17) is 32.7 Å². The summed E-state index contributed by atoms with van der Waals surface area (Å²) < 4.78 is 40.3. The van der Waals surface area contributed by atoms with E-state index in [1.54, 1.807) is 48.5 Å². The van der Waals surface area contributed by atoms with Crippen LogP contribution >= 0.6 is 23.2 Å². The van der Waals surface area contributed by atoms with Crippen LogP contribution in [0.25, 0.3) is 0 Å². The number of ether oxygens (including phenoxy) is 2. The van der Waals surface area contributed by atoms with Gasteiger partial charge in [0.1, 0.15) is 24.1 Å². The van der Waals surface area contributed by atoms with Crippen LogP contribution in [0.15, 0.2) is 102 Å². The summed E-state index contributed by atoms with van der Waals surface area (Å²) in [5.41, 5.74) is 1.27. The van der Waals surface area contributed by atoms with Gasteiger partial charge in [-0.25, -0.2) is 8.42 Å². The minimum absolute atomic E-state index is 0.0458. The lowest BCUT2D eigenvalue weighted by atomic mass is 10.0. The fraction of sp³-hybridized carbons (Fsp3) is 0.212. The van der Waals surface area contributed by atoms with Gasteiger partial charge in [0.05, 0.1) is 24.8 Å². The van der Waals surface area contributed by atoms with E-state index in [2.05, 4.69) is 5.32 Å². The zero-order valence-electron chi connectivity index (χ0n) is 24.9. The molecule has 0 saturated heterocycles. The van der Waals surface area contributed by atoms with Crippen molar-refractivity contribution in [3.8, 4) is 11.5 Å². The van der Waals surface area contributed by atoms with Crippen molar-refractivity contribution in [3.63, 3.8) is 0 Å². The quantitative estimate of drug-likeness (QED) is 0.199. The molecule has 0 spiro atoms. The average Bonchev–Trinajstić information content (AvgIpc) is 3.06. The van der Waals surface area contributed by atoms with Crippen molar-refractivity contribution in [2.24, 2.45) is 0 Å². The van der Waals surface area contributed by atoms with Gasteiger partial charge in [0, 0.05) is 41.7 Å². The molecule has 1 N–H and O–H groups in total. The monoisotopic (exact) mass is 669 g/mol. The van der Waals surface area contributed by atoms with E-state index in [0.29, 0.717) is 21.4 Å². The highest BCUT2D eigenvalue weighted by molar-refractivity contribution is 7.92. The zero-order chi connectivity index (χ0) is 32.6. The van der Waals surface area contributed by atoms with E-state index in [1.165, 1.54) is 44.4 Å². The number of rotatable bonds is 13. The van der Waals surface area contributed by atoms with Gasteiger partial charge in [-0.2, -0.15) is 0 Å². The Labute approximate surface area is 273 Å². The fourth-order valence-electron chi connectivity index (χ4n) is 4.80. The molecule has 0 radical (unpaired) electrons. The van der Waals surface area contributed by atoms with E-state index in [1.807, 2.05) is 30.3 Å². The maximum absolute atomic E-state index is 14.5. The van der Waals surface area contributed by atoms with E-state index in [0.717, 1.165) is 9.87 Å². The van der Waals surface area contributed by atoms with Gasteiger partial charge in [-0.3, -0.25) is 13.9 Å². The molecule has 0 aliphatic rings. The number of methoxy groups -OCH3 is 2. The second kappa shape index (κ2) is 15.2. The minimum atomic E-state index is -4.34. The molecule has 9 nitrogen and oxygen atoms in total. The number of anilines is 1. The molecule has 4 aromatic carbocycles. The van der Waals surface area contributed by atoms with Crippen molar-refractivity contribution >= 4 is 50.7 Å². The number of sulfonamides is 1. The van der Waals surface area contributed by atoms with Gasteiger partial charge in [0.15, 0.2) is 0 Å². The summed E-state index contributed by atoms with van der Waals surface area (Å²) in [4.78, 5) is 29.2. The van der Waals surface area contributed by atoms with Crippen molar-refractivity contribution < 1.29 is 27.5 Å². The maximum atomic E-state index is 14.5. The van der Waals surface area contributed by atoms with E-state index < -0.39 is 34.4 Å². The molecule has 4 rings (SSSR count). The predicted molar refractivity (Wildman–Crippen MR) is 176 cm³/mol. The maximum Gasteiger partial charge on any atom is 0.264 e. The molecule has 0 bridgehead atoms. The Morgan fingerprint density at radius 1 is 0.844 bits per heavy atom. The summed E-state index contributed by atoms with van der Waals surface area (Å²) >= 11 is 13.0. The molecule has 4 aromatic rings. The van der Waals surface area contributed by atoms with Crippen molar-refractivity contribution in [1.29, 1.82) is 0 Å². The highest BCUT2D eigenvalue weighted by atomic mass is 35.5. The highest BCUT2D eigenvalue weighted by Crippen LogP contribution is 2.36. The predicted octanol–water partition coefficient (Wildman–Crippen LogP) is 5.59. The third-order valence-electron chi connectivity index (χ3n) is 7.17. The van der Waals surface area contributed by atoms with Gasteiger partial charge in [-0.05, 0) is 42.0 Å². The third kappa shape index (κ3) is 7.89. The molecule has 2 amide bonds. The molecule has 12 heteroatoms. The SMILES string of the molecule is CNC(=O)C(Cc1ccccc1)N(Cc1c(Cl)cccc1Cl)C(=O)CN(c1cc(OC)ccc1OC)S(=O)(=O)c1ccccc1. The largest absolute Gasteiger partial charge is 0.497 e. The smallest absolute Gasteiger partial charge is 0.264 e. The number of benzene rings is 4. The first-order valence-corrected chi connectivity index (χ1v) is 16.1. The lowest BCUT2D eigenvalue weighted by Crippen LogP contribution is -2.53. The van der Waals surface area contributed by atoms with Crippen LogP contribution in [0.5, 0.6) is 11.5 Å². The van der Waals surface area contributed by atoms with Gasteiger partial charge in [0.25, 0.3) is 10.0 Å². The summed E-state index contributed by atoms with van der Waals surface area (Å²) in [6.07, 6.45) is 0.141. The number of carbonyl (C=O) groups excluding carboxylic acids is 2. The van der Waals surface area contributed by atoms with Crippen molar-refractivity contribution in [2.75, 3.05) is 32.1 Å². The van der Waals surface area contributed by atoms with Crippen molar-refractivity contribution in [3.05, 3.63) is 118 Å². The number of nitrogens with zero attached hydrogens (tertiary/aromatic N) is 2. The van der Waals surface area contributed by atoms with Crippen LogP contribution in [0.3, 0.4) is 0 Å². The van der Waals surface area contributed by atoms with Crippen LogP contribution in [-0.2, 0) is 32.6 Å². The van der Waals surface area contributed by atoms with Crippen molar-refractivity contribution in [1.82, 2.24) is 10.2 Å². The second-order valence-electron chi connectivity index (χ2n) is 9.90. The molecule has 0 saturated carbocycles. The Kier molecular flexibility index (Phi) is 11.3. The molecule has 236 valence electrons. The number of nitrogens with one attached hydrogen (secondary N) is 1. The second-order valence-corrected chi connectivity index (χ2v) is 12.6. The number of hydrogen-bond acceptors (Lipinski definition) is 6. The van der Waals surface area contributed by atoms with Crippen LogP contribution in [0.4, 0.5) is 5.69 Å². The normalized spacial score (nSPS) is 11.8. The first-order valence-electron chi connectivity index (χ1n) is 13.9. The lowest BCUT2D eigenvalue weighted by Gasteiger charge is -2.34. The summed E-state index contributed by atoms with van der Waals surface area (Å²) in [5, 5.41) is 3.22.